The van der Waals surface area contributed by atoms with Crippen LogP contribution in [0.1, 0.15) is 12.8 Å². The summed E-state index contributed by atoms with van der Waals surface area (Å²) in [5.74, 6) is 0. The van der Waals surface area contributed by atoms with Crippen molar-refractivity contribution in [1.29, 1.82) is 0 Å². The number of hydrogen-bond donors (Lipinski definition) is 1. The summed E-state index contributed by atoms with van der Waals surface area (Å²) in [6.07, 6.45) is -0.225. The van der Waals surface area contributed by atoms with Crippen LogP contribution in [-0.2, 0) is 0 Å². The summed E-state index contributed by atoms with van der Waals surface area (Å²) >= 11 is 0. The number of alkyl halides is 2. The molecule has 2 nitrogen and oxygen atoms in total. The number of piperidine rings is 1. The molecule has 0 aromatic carbocycles. The molecule has 1 N–H and O–H groups in total. The summed E-state index contributed by atoms with van der Waals surface area (Å²) in [5, 5.41) is 3.21. The first kappa shape index (κ1) is 9.86. The number of nitrogens with zero attached hydrogens (tertiary/aromatic N) is 1. The van der Waals surface area contributed by atoms with Crippen molar-refractivity contribution in [2.45, 2.75) is 25.3 Å². The van der Waals surface area contributed by atoms with Crippen LogP contribution >= 0.6 is 0 Å². The molecule has 0 atom stereocenters. The van der Waals surface area contributed by atoms with Crippen LogP contribution in [-0.4, -0.2) is 44.0 Å². The van der Waals surface area contributed by atoms with E-state index in [2.05, 4.69) is 5.32 Å². The molecule has 0 aliphatic carbocycles. The molecule has 1 saturated heterocycles. The Morgan fingerprint density at radius 2 is 2.00 bits per heavy atom. The molecule has 0 amide bonds. The third-order valence-corrected chi connectivity index (χ3v) is 2.36. The lowest BCUT2D eigenvalue weighted by atomic mass is 10.1. The number of halogens is 2. The van der Waals surface area contributed by atoms with Crippen LogP contribution in [0.3, 0.4) is 0 Å². The molecule has 1 heterocycles. The molecule has 1 aliphatic rings. The Morgan fingerprint density at radius 1 is 1.42 bits per heavy atom. The Kier molecular flexibility index (Phi) is 3.88. The Morgan fingerprint density at radius 3 is 2.50 bits per heavy atom. The van der Waals surface area contributed by atoms with Crippen molar-refractivity contribution in [1.82, 2.24) is 10.2 Å². The molecule has 0 radical (unpaired) electrons. The molecule has 0 bridgehead atoms. The van der Waals surface area contributed by atoms with E-state index in [1.54, 1.807) is 11.9 Å². The van der Waals surface area contributed by atoms with Crippen LogP contribution in [0.15, 0.2) is 0 Å². The Labute approximate surface area is 71.9 Å². The summed E-state index contributed by atoms with van der Waals surface area (Å²) in [7, 11) is 1.78. The minimum absolute atomic E-state index is 0.0926. The van der Waals surface area contributed by atoms with E-state index in [-0.39, 0.29) is 6.54 Å². The smallest absolute Gasteiger partial charge is 0.251 e. The Bertz CT molecular complexity index is 124. The highest BCUT2D eigenvalue weighted by atomic mass is 19.3. The second-order valence-electron chi connectivity index (χ2n) is 3.31. The van der Waals surface area contributed by atoms with Crippen molar-refractivity contribution in [2.24, 2.45) is 0 Å². The van der Waals surface area contributed by atoms with Gasteiger partial charge in [-0.3, -0.25) is 4.90 Å². The van der Waals surface area contributed by atoms with E-state index in [0.717, 1.165) is 25.9 Å². The van der Waals surface area contributed by atoms with Gasteiger partial charge >= 0.3 is 0 Å². The van der Waals surface area contributed by atoms with Crippen molar-refractivity contribution >= 4 is 0 Å². The fourth-order valence-electron chi connectivity index (χ4n) is 1.61. The molecule has 0 spiro atoms. The van der Waals surface area contributed by atoms with E-state index in [9.17, 15) is 8.78 Å². The molecule has 0 saturated carbocycles. The molecular weight excluding hydrogens is 162 g/mol. The normalized spacial score (nSPS) is 20.8. The lowest BCUT2D eigenvalue weighted by Crippen LogP contribution is -2.42. The van der Waals surface area contributed by atoms with Gasteiger partial charge in [-0.1, -0.05) is 0 Å². The largest absolute Gasteiger partial charge is 0.317 e. The van der Waals surface area contributed by atoms with Gasteiger partial charge in [0.25, 0.3) is 6.43 Å². The lowest BCUT2D eigenvalue weighted by Gasteiger charge is -2.31. The summed E-state index contributed by atoms with van der Waals surface area (Å²) in [5.41, 5.74) is 0. The van der Waals surface area contributed by atoms with Crippen LogP contribution in [0.2, 0.25) is 0 Å². The zero-order chi connectivity index (χ0) is 8.97. The second kappa shape index (κ2) is 4.72. The van der Waals surface area contributed by atoms with Crippen molar-refractivity contribution < 1.29 is 8.78 Å². The minimum Gasteiger partial charge on any atom is -0.317 e. The maximum absolute atomic E-state index is 12.0. The van der Waals surface area contributed by atoms with Gasteiger partial charge in [0.15, 0.2) is 0 Å². The van der Waals surface area contributed by atoms with Crippen molar-refractivity contribution in [2.75, 3.05) is 26.7 Å². The van der Waals surface area contributed by atoms with E-state index >= 15 is 0 Å². The molecule has 72 valence electrons. The number of rotatable bonds is 3. The van der Waals surface area contributed by atoms with E-state index in [4.69, 9.17) is 0 Å². The Hall–Kier alpha value is -0.220. The molecule has 4 heteroatoms. The van der Waals surface area contributed by atoms with Crippen LogP contribution in [0, 0.1) is 0 Å². The molecule has 1 aliphatic heterocycles. The molecule has 0 aromatic heterocycles. The first-order chi connectivity index (χ1) is 5.70. The maximum Gasteiger partial charge on any atom is 0.251 e. The van der Waals surface area contributed by atoms with Gasteiger partial charge in [-0.15, -0.1) is 0 Å². The van der Waals surface area contributed by atoms with Crippen molar-refractivity contribution in [3.8, 4) is 0 Å². The van der Waals surface area contributed by atoms with Crippen LogP contribution < -0.4 is 5.32 Å². The second-order valence-corrected chi connectivity index (χ2v) is 3.31. The third kappa shape index (κ3) is 3.03. The van der Waals surface area contributed by atoms with Gasteiger partial charge in [0.05, 0.1) is 6.54 Å². The first-order valence-electron chi connectivity index (χ1n) is 4.39. The molecular formula is C8H16F2N2. The topological polar surface area (TPSA) is 15.3 Å². The standard InChI is InChI=1S/C8H16F2N2/c1-12(6-8(9)10)7-2-4-11-5-3-7/h7-8,11H,2-6H2,1H3. The summed E-state index contributed by atoms with van der Waals surface area (Å²) < 4.78 is 24.0. The van der Waals surface area contributed by atoms with Crippen LogP contribution in [0.4, 0.5) is 8.78 Å². The highest BCUT2D eigenvalue weighted by Gasteiger charge is 2.19. The molecule has 0 unspecified atom stereocenters. The van der Waals surface area contributed by atoms with Gasteiger partial charge in [-0.25, -0.2) is 8.78 Å². The quantitative estimate of drug-likeness (QED) is 0.691. The predicted molar refractivity (Wildman–Crippen MR) is 44.5 cm³/mol. The van der Waals surface area contributed by atoms with Gasteiger partial charge in [0.1, 0.15) is 0 Å². The Balaban J connectivity index is 2.24. The predicted octanol–water partition coefficient (Wildman–Crippen LogP) is 0.935. The van der Waals surface area contributed by atoms with Gasteiger partial charge in [-0.2, -0.15) is 0 Å². The lowest BCUT2D eigenvalue weighted by molar-refractivity contribution is 0.0726. The molecule has 0 aromatic rings. The number of hydrogen-bond acceptors (Lipinski definition) is 2. The van der Waals surface area contributed by atoms with E-state index in [0.29, 0.717) is 6.04 Å². The summed E-state index contributed by atoms with van der Waals surface area (Å²) in [6.45, 7) is 1.82. The van der Waals surface area contributed by atoms with E-state index in [1.165, 1.54) is 0 Å². The molecule has 12 heavy (non-hydrogen) atoms. The summed E-state index contributed by atoms with van der Waals surface area (Å²) in [6, 6.07) is 0.347. The van der Waals surface area contributed by atoms with Gasteiger partial charge in [-0.05, 0) is 33.0 Å². The monoisotopic (exact) mass is 178 g/mol. The fourth-order valence-corrected chi connectivity index (χ4v) is 1.61. The molecule has 1 rings (SSSR count). The van der Waals surface area contributed by atoms with Crippen molar-refractivity contribution in [3.05, 3.63) is 0 Å². The zero-order valence-electron chi connectivity index (χ0n) is 7.39. The minimum atomic E-state index is -2.20. The van der Waals surface area contributed by atoms with E-state index in [1.807, 2.05) is 0 Å². The van der Waals surface area contributed by atoms with Crippen LogP contribution in [0.5, 0.6) is 0 Å². The first-order valence-corrected chi connectivity index (χ1v) is 4.39. The highest BCUT2D eigenvalue weighted by Crippen LogP contribution is 2.10. The highest BCUT2D eigenvalue weighted by molar-refractivity contribution is 4.75. The van der Waals surface area contributed by atoms with E-state index < -0.39 is 6.43 Å². The van der Waals surface area contributed by atoms with Crippen molar-refractivity contribution in [3.63, 3.8) is 0 Å². The van der Waals surface area contributed by atoms with Crippen LogP contribution in [0.25, 0.3) is 0 Å². The maximum atomic E-state index is 12.0. The van der Waals surface area contributed by atoms with Gasteiger partial charge in [0.2, 0.25) is 0 Å². The summed E-state index contributed by atoms with van der Waals surface area (Å²) in [4.78, 5) is 1.77. The van der Waals surface area contributed by atoms with Gasteiger partial charge in [0, 0.05) is 6.04 Å². The molecule has 1 fully saturated rings. The van der Waals surface area contributed by atoms with Gasteiger partial charge < -0.3 is 5.32 Å². The average molecular weight is 178 g/mol. The zero-order valence-corrected chi connectivity index (χ0v) is 7.39. The SMILES string of the molecule is CN(CC(F)F)C1CCNCC1. The third-order valence-electron chi connectivity index (χ3n) is 2.36. The number of nitrogens with one attached hydrogen (secondary N) is 1. The average Bonchev–Trinajstić information content (AvgIpc) is 2.05. The fraction of sp³-hybridized carbons (Fsp3) is 1.00.